The molecule has 1 atom stereocenters. The number of nitrogens with two attached hydrogens (primary N) is 1. The molecule has 0 spiro atoms. The molecule has 0 amide bonds. The summed E-state index contributed by atoms with van der Waals surface area (Å²) in [7, 11) is 3.93. The molecule has 0 saturated carbocycles. The molecule has 2 aromatic carbocycles. The maximum Gasteiger partial charge on any atom is 0.205 e. The van der Waals surface area contributed by atoms with E-state index in [4.69, 9.17) is 10.5 Å². The van der Waals surface area contributed by atoms with Gasteiger partial charge in [-0.25, -0.2) is 0 Å². The Morgan fingerprint density at radius 1 is 1.12 bits per heavy atom. The molecule has 2 aromatic rings. The van der Waals surface area contributed by atoms with E-state index in [1.807, 2.05) is 55.4 Å². The van der Waals surface area contributed by atoms with E-state index in [9.17, 15) is 5.26 Å². The van der Waals surface area contributed by atoms with Gasteiger partial charge in [-0.3, -0.25) is 0 Å². The third kappa shape index (κ3) is 3.02. The van der Waals surface area contributed by atoms with Gasteiger partial charge in [0.25, 0.3) is 0 Å². The molecule has 0 bridgehead atoms. The van der Waals surface area contributed by atoms with E-state index in [0.717, 1.165) is 25.8 Å². The zero-order valence-corrected chi connectivity index (χ0v) is 16.3. The van der Waals surface area contributed by atoms with Crippen LogP contribution in [0.5, 0.6) is 5.75 Å². The van der Waals surface area contributed by atoms with Gasteiger partial charge < -0.3 is 15.4 Å². The number of hydrogen-bond acceptors (Lipinski definition) is 4. The van der Waals surface area contributed by atoms with Crippen molar-refractivity contribution >= 4 is 37.5 Å². The molecule has 6 heteroatoms. The highest BCUT2D eigenvalue weighted by Crippen LogP contribution is 2.44. The van der Waals surface area contributed by atoms with Crippen LogP contribution in [-0.2, 0) is 0 Å². The van der Waals surface area contributed by atoms with Crippen LogP contribution in [-0.4, -0.2) is 14.1 Å². The van der Waals surface area contributed by atoms with E-state index in [1.54, 1.807) is 0 Å². The summed E-state index contributed by atoms with van der Waals surface area (Å²) in [5.74, 6) is 0.574. The first kappa shape index (κ1) is 16.9. The van der Waals surface area contributed by atoms with Crippen LogP contribution in [0.15, 0.2) is 56.8 Å². The summed E-state index contributed by atoms with van der Waals surface area (Å²) in [6, 6.07) is 14.1. The van der Waals surface area contributed by atoms with Gasteiger partial charge in [0.15, 0.2) is 0 Å². The zero-order chi connectivity index (χ0) is 17.4. The zero-order valence-electron chi connectivity index (χ0n) is 13.2. The molecule has 24 heavy (non-hydrogen) atoms. The monoisotopic (exact) mass is 447 g/mol. The van der Waals surface area contributed by atoms with Gasteiger partial charge in [-0.05, 0) is 29.8 Å². The van der Waals surface area contributed by atoms with Gasteiger partial charge >= 0.3 is 0 Å². The van der Waals surface area contributed by atoms with Crippen LogP contribution < -0.4 is 15.4 Å². The molecule has 0 saturated heterocycles. The summed E-state index contributed by atoms with van der Waals surface area (Å²) in [5, 5.41) is 9.60. The minimum Gasteiger partial charge on any atom is -0.440 e. The van der Waals surface area contributed by atoms with Crippen LogP contribution >= 0.6 is 31.9 Å². The van der Waals surface area contributed by atoms with Crippen molar-refractivity contribution in [1.82, 2.24) is 0 Å². The van der Waals surface area contributed by atoms with Gasteiger partial charge in [0.2, 0.25) is 5.88 Å². The second kappa shape index (κ2) is 6.50. The van der Waals surface area contributed by atoms with Gasteiger partial charge in [-0.15, -0.1) is 0 Å². The average molecular weight is 449 g/mol. The van der Waals surface area contributed by atoms with Crippen molar-refractivity contribution in [2.24, 2.45) is 5.73 Å². The number of nitriles is 1. The van der Waals surface area contributed by atoms with Crippen molar-refractivity contribution in [1.29, 1.82) is 5.26 Å². The van der Waals surface area contributed by atoms with E-state index in [0.29, 0.717) is 11.3 Å². The maximum atomic E-state index is 9.60. The molecule has 0 fully saturated rings. The SMILES string of the molecule is CN(C)c1ccc2c(c1)OC(N)=C(C#N)C2c1cc(Br)cc(Br)c1. The fourth-order valence-corrected chi connectivity index (χ4v) is 4.14. The Labute approximate surface area is 157 Å². The lowest BCUT2D eigenvalue weighted by Crippen LogP contribution is -2.21. The lowest BCUT2D eigenvalue weighted by atomic mass is 9.83. The molecule has 2 N–H and O–H groups in total. The Hall–Kier alpha value is -1.97. The largest absolute Gasteiger partial charge is 0.440 e. The molecule has 0 radical (unpaired) electrons. The number of benzene rings is 2. The Balaban J connectivity index is 2.22. The molecule has 4 nitrogen and oxygen atoms in total. The van der Waals surface area contributed by atoms with Crippen molar-refractivity contribution in [2.45, 2.75) is 5.92 Å². The van der Waals surface area contributed by atoms with Gasteiger partial charge in [0.05, 0.1) is 5.92 Å². The Bertz CT molecular complexity index is 864. The Morgan fingerprint density at radius 3 is 2.38 bits per heavy atom. The normalized spacial score (nSPS) is 16.2. The average Bonchev–Trinajstić information content (AvgIpc) is 2.51. The number of allylic oxidation sites excluding steroid dienone is 1. The lowest BCUT2D eigenvalue weighted by Gasteiger charge is -2.28. The van der Waals surface area contributed by atoms with E-state index < -0.39 is 0 Å². The molecule has 1 aliphatic heterocycles. The van der Waals surface area contributed by atoms with Gasteiger partial charge in [0, 0.05) is 40.4 Å². The smallest absolute Gasteiger partial charge is 0.205 e. The van der Waals surface area contributed by atoms with E-state index in [1.165, 1.54) is 0 Å². The third-order valence-electron chi connectivity index (χ3n) is 3.94. The summed E-state index contributed by atoms with van der Waals surface area (Å²) >= 11 is 7.02. The minimum absolute atomic E-state index is 0.155. The molecule has 0 aromatic heterocycles. The van der Waals surface area contributed by atoms with Crippen LogP contribution in [0.1, 0.15) is 17.0 Å². The predicted molar refractivity (Wildman–Crippen MR) is 102 cm³/mol. The molecule has 3 rings (SSSR count). The van der Waals surface area contributed by atoms with E-state index in [2.05, 4.69) is 37.9 Å². The number of anilines is 1. The molecule has 1 heterocycles. The number of nitrogens with zero attached hydrogens (tertiary/aromatic N) is 2. The topological polar surface area (TPSA) is 62.3 Å². The minimum atomic E-state index is -0.260. The summed E-state index contributed by atoms with van der Waals surface area (Å²) in [6.07, 6.45) is 0. The number of fused-ring (bicyclic) bond motifs is 1. The van der Waals surface area contributed by atoms with Crippen LogP contribution in [0.3, 0.4) is 0 Å². The van der Waals surface area contributed by atoms with Crippen molar-refractivity contribution in [2.75, 3.05) is 19.0 Å². The van der Waals surface area contributed by atoms with Crippen LogP contribution in [0, 0.1) is 11.3 Å². The first-order valence-corrected chi connectivity index (χ1v) is 8.84. The van der Waals surface area contributed by atoms with Gasteiger partial charge in [0.1, 0.15) is 17.4 Å². The molecule has 1 aliphatic rings. The van der Waals surface area contributed by atoms with Crippen molar-refractivity contribution in [3.63, 3.8) is 0 Å². The molecular weight excluding hydrogens is 434 g/mol. The number of hydrogen-bond donors (Lipinski definition) is 1. The third-order valence-corrected chi connectivity index (χ3v) is 4.85. The molecule has 122 valence electrons. The fraction of sp³-hybridized carbons (Fsp3) is 0.167. The number of rotatable bonds is 2. The van der Waals surface area contributed by atoms with Crippen LogP contribution in [0.4, 0.5) is 5.69 Å². The summed E-state index contributed by atoms with van der Waals surface area (Å²) in [4.78, 5) is 1.99. The van der Waals surface area contributed by atoms with Crippen LogP contribution in [0.2, 0.25) is 0 Å². The highest BCUT2D eigenvalue weighted by Gasteiger charge is 2.31. The number of halogens is 2. The molecule has 1 unspecified atom stereocenters. The van der Waals surface area contributed by atoms with Crippen molar-refractivity contribution in [3.8, 4) is 11.8 Å². The highest BCUT2D eigenvalue weighted by molar-refractivity contribution is 9.11. The second-order valence-electron chi connectivity index (χ2n) is 5.74. The molecule has 0 aliphatic carbocycles. The Kier molecular flexibility index (Phi) is 4.57. The van der Waals surface area contributed by atoms with Gasteiger partial charge in [-0.2, -0.15) is 5.26 Å². The first-order chi connectivity index (χ1) is 11.4. The Morgan fingerprint density at radius 2 is 1.79 bits per heavy atom. The lowest BCUT2D eigenvalue weighted by molar-refractivity contribution is 0.394. The summed E-state index contributed by atoms with van der Waals surface area (Å²) < 4.78 is 7.59. The summed E-state index contributed by atoms with van der Waals surface area (Å²) in [5.41, 5.74) is 9.36. The van der Waals surface area contributed by atoms with Crippen LogP contribution in [0.25, 0.3) is 0 Å². The summed E-state index contributed by atoms with van der Waals surface area (Å²) in [6.45, 7) is 0. The standard InChI is InChI=1S/C18H15Br2N3O/c1-23(2)13-3-4-14-16(8-13)24-18(22)15(9-21)17(14)10-5-11(19)7-12(20)6-10/h3-8,17H,22H2,1-2H3. The predicted octanol–water partition coefficient (Wildman–Crippen LogP) is 4.50. The van der Waals surface area contributed by atoms with E-state index >= 15 is 0 Å². The van der Waals surface area contributed by atoms with Crippen molar-refractivity contribution < 1.29 is 4.74 Å². The quantitative estimate of drug-likeness (QED) is 0.734. The number of ether oxygens (including phenoxy) is 1. The van der Waals surface area contributed by atoms with Gasteiger partial charge in [-0.1, -0.05) is 37.9 Å². The first-order valence-electron chi connectivity index (χ1n) is 7.25. The molecular formula is C18H15Br2N3O. The maximum absolute atomic E-state index is 9.60. The fourth-order valence-electron chi connectivity index (χ4n) is 2.81. The second-order valence-corrected chi connectivity index (χ2v) is 7.58. The highest BCUT2D eigenvalue weighted by atomic mass is 79.9. The van der Waals surface area contributed by atoms with E-state index in [-0.39, 0.29) is 11.8 Å². The van der Waals surface area contributed by atoms with Crippen molar-refractivity contribution in [3.05, 3.63) is 67.9 Å².